The minimum atomic E-state index is -4.65. The lowest BCUT2D eigenvalue weighted by atomic mass is 10.1. The highest BCUT2D eigenvalue weighted by Crippen LogP contribution is 2.33. The van der Waals surface area contributed by atoms with Crippen molar-refractivity contribution in [1.29, 1.82) is 0 Å². The van der Waals surface area contributed by atoms with Crippen LogP contribution in [0.5, 0.6) is 0 Å². The van der Waals surface area contributed by atoms with Crippen LogP contribution in [0.2, 0.25) is 0 Å². The van der Waals surface area contributed by atoms with Crippen molar-refractivity contribution in [2.45, 2.75) is 13.1 Å². The zero-order chi connectivity index (χ0) is 14.2. The fraction of sp³-hybridized carbons (Fsp3) is 0.167. The molecule has 2 N–H and O–H groups in total. The van der Waals surface area contributed by atoms with Gasteiger partial charge in [0.1, 0.15) is 0 Å². The maximum atomic E-state index is 12.9. The van der Waals surface area contributed by atoms with E-state index in [1.165, 1.54) is 16.9 Å². The molecule has 7 heteroatoms. The molecule has 0 unspecified atom stereocenters. The molecule has 0 aliphatic heterocycles. The Morgan fingerprint density at radius 3 is 2.47 bits per heavy atom. The molecule has 1 aromatic carbocycles. The predicted molar refractivity (Wildman–Crippen MR) is 61.8 cm³/mol. The Hall–Kier alpha value is -2.31. The molecule has 0 saturated carbocycles. The van der Waals surface area contributed by atoms with Crippen LogP contribution in [0.15, 0.2) is 30.5 Å². The Balaban J connectivity index is 2.59. The number of nitrogens with two attached hydrogens (primary N) is 1. The molecule has 2 rings (SSSR count). The van der Waals surface area contributed by atoms with Gasteiger partial charge in [0.05, 0.1) is 22.5 Å². The lowest BCUT2D eigenvalue weighted by Crippen LogP contribution is -2.19. The molecule has 4 nitrogen and oxygen atoms in total. The molecule has 0 radical (unpaired) electrons. The van der Waals surface area contributed by atoms with E-state index in [0.29, 0.717) is 5.69 Å². The van der Waals surface area contributed by atoms with Gasteiger partial charge >= 0.3 is 6.18 Å². The van der Waals surface area contributed by atoms with Gasteiger partial charge in [0.25, 0.3) is 0 Å². The topological polar surface area (TPSA) is 60.9 Å². The summed E-state index contributed by atoms with van der Waals surface area (Å²) in [6, 6.07) is 4.93. The number of alkyl halides is 3. The SMILES string of the molecule is Cc1ccn(-c2ccc(C(N)=O)c(C(F)(F)F)c2)n1. The first-order valence-corrected chi connectivity index (χ1v) is 5.33. The molecule has 1 amide bonds. The molecule has 0 fully saturated rings. The Labute approximate surface area is 106 Å². The number of aromatic nitrogens is 2. The van der Waals surface area contributed by atoms with Crippen LogP contribution in [-0.4, -0.2) is 15.7 Å². The Kier molecular flexibility index (Phi) is 3.05. The van der Waals surface area contributed by atoms with Crippen LogP contribution >= 0.6 is 0 Å². The lowest BCUT2D eigenvalue weighted by Gasteiger charge is -2.12. The van der Waals surface area contributed by atoms with Gasteiger partial charge in [0, 0.05) is 6.20 Å². The van der Waals surface area contributed by atoms with Crippen molar-refractivity contribution in [3.63, 3.8) is 0 Å². The third-order valence-electron chi connectivity index (χ3n) is 2.56. The normalized spacial score (nSPS) is 11.6. The molecular weight excluding hydrogens is 259 g/mol. The molecule has 0 aliphatic rings. The minimum absolute atomic E-state index is 0.213. The standard InChI is InChI=1S/C12H10F3N3O/c1-7-4-5-18(17-7)8-2-3-9(11(16)19)10(6-8)12(13,14)15/h2-6H,1H3,(H2,16,19). The van der Waals surface area contributed by atoms with E-state index in [2.05, 4.69) is 5.10 Å². The molecular formula is C12H10F3N3O. The van der Waals surface area contributed by atoms with Gasteiger partial charge in [-0.2, -0.15) is 18.3 Å². The highest BCUT2D eigenvalue weighted by atomic mass is 19.4. The Morgan fingerprint density at radius 2 is 2.00 bits per heavy atom. The lowest BCUT2D eigenvalue weighted by molar-refractivity contribution is -0.137. The largest absolute Gasteiger partial charge is 0.417 e. The second kappa shape index (κ2) is 4.42. The summed E-state index contributed by atoms with van der Waals surface area (Å²) in [6.07, 6.45) is -3.11. The summed E-state index contributed by atoms with van der Waals surface area (Å²) >= 11 is 0. The molecule has 0 saturated heterocycles. The zero-order valence-corrected chi connectivity index (χ0v) is 9.90. The summed E-state index contributed by atoms with van der Waals surface area (Å²) in [5.74, 6) is -1.12. The van der Waals surface area contributed by atoms with E-state index in [0.717, 1.165) is 12.1 Å². The summed E-state index contributed by atoms with van der Waals surface area (Å²) in [5.41, 5.74) is 4.21. The van der Waals surface area contributed by atoms with Crippen LogP contribution in [0.25, 0.3) is 5.69 Å². The summed E-state index contributed by atoms with van der Waals surface area (Å²) in [4.78, 5) is 11.0. The van der Waals surface area contributed by atoms with Gasteiger partial charge in [0.2, 0.25) is 5.91 Å². The van der Waals surface area contributed by atoms with Gasteiger partial charge < -0.3 is 5.73 Å². The van der Waals surface area contributed by atoms with Crippen molar-refractivity contribution in [1.82, 2.24) is 9.78 Å². The zero-order valence-electron chi connectivity index (χ0n) is 9.90. The molecule has 0 bridgehead atoms. The van der Waals surface area contributed by atoms with Gasteiger partial charge in [-0.25, -0.2) is 4.68 Å². The van der Waals surface area contributed by atoms with Gasteiger partial charge in [-0.3, -0.25) is 4.79 Å². The first-order chi connectivity index (χ1) is 8.79. The van der Waals surface area contributed by atoms with E-state index in [4.69, 9.17) is 5.73 Å². The second-order valence-electron chi connectivity index (χ2n) is 3.99. The second-order valence-corrected chi connectivity index (χ2v) is 3.99. The van der Waals surface area contributed by atoms with Crippen molar-refractivity contribution in [2.75, 3.05) is 0 Å². The van der Waals surface area contributed by atoms with Crippen LogP contribution in [0.1, 0.15) is 21.6 Å². The molecule has 0 spiro atoms. The van der Waals surface area contributed by atoms with E-state index in [9.17, 15) is 18.0 Å². The van der Waals surface area contributed by atoms with Crippen LogP contribution in [0, 0.1) is 6.92 Å². The maximum absolute atomic E-state index is 12.9. The fourth-order valence-corrected chi connectivity index (χ4v) is 1.68. The van der Waals surface area contributed by atoms with Gasteiger partial charge in [0.15, 0.2) is 0 Å². The number of amides is 1. The summed E-state index contributed by atoms with van der Waals surface area (Å²) in [6.45, 7) is 1.72. The minimum Gasteiger partial charge on any atom is -0.366 e. The third-order valence-corrected chi connectivity index (χ3v) is 2.56. The van der Waals surface area contributed by atoms with E-state index in [1.54, 1.807) is 13.0 Å². The van der Waals surface area contributed by atoms with Crippen molar-refractivity contribution >= 4 is 5.91 Å². The Morgan fingerprint density at radius 1 is 1.32 bits per heavy atom. The van der Waals surface area contributed by atoms with Crippen LogP contribution < -0.4 is 5.73 Å². The van der Waals surface area contributed by atoms with E-state index >= 15 is 0 Å². The molecule has 100 valence electrons. The fourth-order valence-electron chi connectivity index (χ4n) is 1.68. The van der Waals surface area contributed by atoms with Crippen LogP contribution in [0.4, 0.5) is 13.2 Å². The number of primary amides is 1. The third kappa shape index (κ3) is 2.59. The summed E-state index contributed by atoms with van der Waals surface area (Å²) in [5, 5.41) is 4.01. The van der Waals surface area contributed by atoms with Crippen molar-refractivity contribution in [2.24, 2.45) is 5.73 Å². The van der Waals surface area contributed by atoms with Crippen molar-refractivity contribution in [3.8, 4) is 5.69 Å². The first-order valence-electron chi connectivity index (χ1n) is 5.33. The number of nitrogens with zero attached hydrogens (tertiary/aromatic N) is 2. The first kappa shape index (κ1) is 13.1. The number of hydrogen-bond acceptors (Lipinski definition) is 2. The van der Waals surface area contributed by atoms with Crippen LogP contribution in [-0.2, 0) is 6.18 Å². The number of benzene rings is 1. The number of carbonyl (C=O) groups excluding carboxylic acids is 1. The summed E-state index contributed by atoms with van der Waals surface area (Å²) in [7, 11) is 0. The molecule has 1 heterocycles. The number of rotatable bonds is 2. The van der Waals surface area contributed by atoms with E-state index in [1.807, 2.05) is 0 Å². The highest BCUT2D eigenvalue weighted by molar-refractivity contribution is 5.94. The van der Waals surface area contributed by atoms with Gasteiger partial charge in [-0.1, -0.05) is 0 Å². The maximum Gasteiger partial charge on any atom is 0.417 e. The van der Waals surface area contributed by atoms with E-state index < -0.39 is 23.2 Å². The number of aryl methyl sites for hydroxylation is 1. The van der Waals surface area contributed by atoms with Gasteiger partial charge in [-0.15, -0.1) is 0 Å². The summed E-state index contributed by atoms with van der Waals surface area (Å²) < 4.78 is 39.9. The molecule has 19 heavy (non-hydrogen) atoms. The predicted octanol–water partition coefficient (Wildman–Crippen LogP) is 2.30. The number of halogens is 3. The molecule has 1 aromatic heterocycles. The average Bonchev–Trinajstić information content (AvgIpc) is 2.74. The monoisotopic (exact) mass is 269 g/mol. The van der Waals surface area contributed by atoms with Crippen molar-refractivity contribution < 1.29 is 18.0 Å². The quantitative estimate of drug-likeness (QED) is 0.909. The average molecular weight is 269 g/mol. The molecule has 2 aromatic rings. The molecule has 0 atom stereocenters. The van der Waals surface area contributed by atoms with Crippen LogP contribution in [0.3, 0.4) is 0 Å². The van der Waals surface area contributed by atoms with E-state index in [-0.39, 0.29) is 5.69 Å². The smallest absolute Gasteiger partial charge is 0.366 e. The Bertz CT molecular complexity index is 631. The number of hydrogen-bond donors (Lipinski definition) is 1. The molecule has 0 aliphatic carbocycles. The number of carbonyl (C=O) groups is 1. The van der Waals surface area contributed by atoms with Gasteiger partial charge in [-0.05, 0) is 31.2 Å². The van der Waals surface area contributed by atoms with Crippen molar-refractivity contribution in [3.05, 3.63) is 47.3 Å². The highest BCUT2D eigenvalue weighted by Gasteiger charge is 2.35.